The van der Waals surface area contributed by atoms with Crippen molar-refractivity contribution >= 4 is 5.91 Å². The summed E-state index contributed by atoms with van der Waals surface area (Å²) >= 11 is 0. The third-order valence-corrected chi connectivity index (χ3v) is 2.51. The van der Waals surface area contributed by atoms with E-state index in [0.717, 1.165) is 11.1 Å². The van der Waals surface area contributed by atoms with Crippen LogP contribution < -0.4 is 5.32 Å². The zero-order chi connectivity index (χ0) is 13.0. The Labute approximate surface area is 105 Å². The van der Waals surface area contributed by atoms with Crippen molar-refractivity contribution in [3.8, 4) is 11.1 Å². The molecule has 0 aliphatic heterocycles. The largest absolute Gasteiger partial charge is 0.459 e. The van der Waals surface area contributed by atoms with Gasteiger partial charge in [0.05, 0.1) is 12.4 Å². The minimum Gasteiger partial charge on any atom is -0.459 e. The Bertz CT molecular complexity index is 517. The predicted molar refractivity (Wildman–Crippen MR) is 68.2 cm³/mol. The number of carbonyl (C=O) groups excluding carboxylic acids is 1. The second-order valence-electron chi connectivity index (χ2n) is 4.09. The van der Waals surface area contributed by atoms with E-state index in [1.54, 1.807) is 13.0 Å². The van der Waals surface area contributed by atoms with Gasteiger partial charge < -0.3 is 14.8 Å². The molecular weight excluding hydrogens is 230 g/mol. The lowest BCUT2D eigenvalue weighted by molar-refractivity contribution is 0.0897. The van der Waals surface area contributed by atoms with E-state index in [-0.39, 0.29) is 18.2 Å². The molecule has 0 unspecified atom stereocenters. The van der Waals surface area contributed by atoms with Crippen LogP contribution in [0.3, 0.4) is 0 Å². The minimum absolute atomic E-state index is 0.202. The second kappa shape index (κ2) is 5.51. The highest BCUT2D eigenvalue weighted by Gasteiger charge is 2.16. The third kappa shape index (κ3) is 2.78. The molecule has 1 heterocycles. The number of rotatable bonds is 4. The number of benzene rings is 1. The molecule has 1 amide bonds. The first-order valence-corrected chi connectivity index (χ1v) is 5.77. The monoisotopic (exact) mass is 245 g/mol. The van der Waals surface area contributed by atoms with Gasteiger partial charge in [0.25, 0.3) is 5.91 Å². The van der Waals surface area contributed by atoms with Crippen LogP contribution in [-0.4, -0.2) is 23.7 Å². The molecule has 1 atom stereocenters. The standard InChI is InChI=1S/C14H15NO3/c1-10(16)9-15-14(17)13-12(7-8-18-13)11-5-3-2-4-6-11/h2-8,10,16H,9H2,1H3,(H,15,17)/t10-/m1/s1. The van der Waals surface area contributed by atoms with Gasteiger partial charge in [-0.25, -0.2) is 0 Å². The summed E-state index contributed by atoms with van der Waals surface area (Å²) in [5.74, 6) is -0.0541. The first kappa shape index (κ1) is 12.4. The van der Waals surface area contributed by atoms with Crippen LogP contribution in [0.4, 0.5) is 0 Å². The molecule has 0 spiro atoms. The Hall–Kier alpha value is -2.07. The van der Waals surface area contributed by atoms with Crippen LogP contribution in [0.5, 0.6) is 0 Å². The molecule has 2 N–H and O–H groups in total. The lowest BCUT2D eigenvalue weighted by Crippen LogP contribution is -2.30. The van der Waals surface area contributed by atoms with E-state index in [2.05, 4.69) is 5.32 Å². The van der Waals surface area contributed by atoms with Gasteiger partial charge >= 0.3 is 0 Å². The van der Waals surface area contributed by atoms with Gasteiger partial charge in [0.2, 0.25) is 0 Å². The van der Waals surface area contributed by atoms with Crippen molar-refractivity contribution in [2.24, 2.45) is 0 Å². The van der Waals surface area contributed by atoms with E-state index in [1.807, 2.05) is 30.3 Å². The molecule has 94 valence electrons. The average molecular weight is 245 g/mol. The van der Waals surface area contributed by atoms with Crippen LogP contribution >= 0.6 is 0 Å². The van der Waals surface area contributed by atoms with Crippen LogP contribution in [-0.2, 0) is 0 Å². The number of hydrogen-bond acceptors (Lipinski definition) is 3. The van der Waals surface area contributed by atoms with Gasteiger partial charge in [0.15, 0.2) is 5.76 Å². The number of aliphatic hydroxyl groups excluding tert-OH is 1. The molecule has 2 rings (SSSR count). The molecule has 0 aliphatic rings. The zero-order valence-corrected chi connectivity index (χ0v) is 10.1. The van der Waals surface area contributed by atoms with E-state index >= 15 is 0 Å². The van der Waals surface area contributed by atoms with Gasteiger partial charge in [-0.05, 0) is 18.6 Å². The van der Waals surface area contributed by atoms with E-state index < -0.39 is 6.10 Å². The van der Waals surface area contributed by atoms with Crippen LogP contribution in [0.2, 0.25) is 0 Å². The molecule has 0 fully saturated rings. The molecule has 0 bridgehead atoms. The number of carbonyl (C=O) groups is 1. The van der Waals surface area contributed by atoms with Gasteiger partial charge in [-0.15, -0.1) is 0 Å². The van der Waals surface area contributed by atoms with Gasteiger partial charge in [-0.3, -0.25) is 4.79 Å². The van der Waals surface area contributed by atoms with E-state index in [9.17, 15) is 4.79 Å². The number of hydrogen-bond donors (Lipinski definition) is 2. The molecule has 0 saturated heterocycles. The molecule has 18 heavy (non-hydrogen) atoms. The Kier molecular flexibility index (Phi) is 3.79. The van der Waals surface area contributed by atoms with Crippen LogP contribution in [0.15, 0.2) is 47.1 Å². The summed E-state index contributed by atoms with van der Waals surface area (Å²) in [4.78, 5) is 11.9. The topological polar surface area (TPSA) is 62.5 Å². The molecule has 1 aromatic carbocycles. The number of amides is 1. The minimum atomic E-state index is -0.580. The predicted octanol–water partition coefficient (Wildman–Crippen LogP) is 2.06. The number of furan rings is 1. The summed E-state index contributed by atoms with van der Waals surface area (Å²) in [5, 5.41) is 11.8. The van der Waals surface area contributed by atoms with Gasteiger partial charge in [0, 0.05) is 12.1 Å². The SMILES string of the molecule is C[C@@H](O)CNC(=O)c1occc1-c1ccccc1. The summed E-state index contributed by atoms with van der Waals surface area (Å²) in [6, 6.07) is 11.3. The Morgan fingerprint density at radius 2 is 2.06 bits per heavy atom. The summed E-state index contributed by atoms with van der Waals surface area (Å²) in [7, 11) is 0. The lowest BCUT2D eigenvalue weighted by atomic mass is 10.1. The van der Waals surface area contributed by atoms with Crippen molar-refractivity contribution in [3.63, 3.8) is 0 Å². The maximum Gasteiger partial charge on any atom is 0.287 e. The van der Waals surface area contributed by atoms with Crippen LogP contribution in [0.25, 0.3) is 11.1 Å². The van der Waals surface area contributed by atoms with E-state index in [4.69, 9.17) is 9.52 Å². The third-order valence-electron chi connectivity index (χ3n) is 2.51. The van der Waals surface area contributed by atoms with E-state index in [0.29, 0.717) is 0 Å². The molecule has 0 radical (unpaired) electrons. The quantitative estimate of drug-likeness (QED) is 0.866. The Balaban J connectivity index is 2.20. The molecule has 2 aromatic rings. The first-order chi connectivity index (χ1) is 8.68. The maximum absolute atomic E-state index is 11.9. The van der Waals surface area contributed by atoms with Crippen molar-refractivity contribution in [2.45, 2.75) is 13.0 Å². The molecule has 4 heteroatoms. The van der Waals surface area contributed by atoms with Gasteiger partial charge in [0.1, 0.15) is 0 Å². The second-order valence-corrected chi connectivity index (χ2v) is 4.09. The maximum atomic E-state index is 11.9. The molecule has 0 saturated carbocycles. The Morgan fingerprint density at radius 1 is 1.33 bits per heavy atom. The van der Waals surface area contributed by atoms with Gasteiger partial charge in [-0.1, -0.05) is 30.3 Å². The number of aliphatic hydroxyl groups is 1. The zero-order valence-electron chi connectivity index (χ0n) is 10.1. The Morgan fingerprint density at radius 3 is 2.72 bits per heavy atom. The molecule has 4 nitrogen and oxygen atoms in total. The summed E-state index contributed by atoms with van der Waals surface area (Å²) in [5.41, 5.74) is 1.67. The summed E-state index contributed by atoms with van der Waals surface area (Å²) in [6.07, 6.45) is 0.906. The van der Waals surface area contributed by atoms with Crippen molar-refractivity contribution in [1.82, 2.24) is 5.32 Å². The summed E-state index contributed by atoms with van der Waals surface area (Å²) in [6.45, 7) is 1.81. The fourth-order valence-corrected chi connectivity index (χ4v) is 1.65. The highest BCUT2D eigenvalue weighted by Crippen LogP contribution is 2.24. The van der Waals surface area contributed by atoms with Crippen LogP contribution in [0, 0.1) is 0 Å². The highest BCUT2D eigenvalue weighted by molar-refractivity contribution is 5.98. The van der Waals surface area contributed by atoms with Crippen molar-refractivity contribution < 1.29 is 14.3 Å². The summed E-state index contributed by atoms with van der Waals surface area (Å²) < 4.78 is 5.22. The van der Waals surface area contributed by atoms with Gasteiger partial charge in [-0.2, -0.15) is 0 Å². The molecule has 0 aliphatic carbocycles. The van der Waals surface area contributed by atoms with Crippen LogP contribution in [0.1, 0.15) is 17.5 Å². The smallest absolute Gasteiger partial charge is 0.287 e. The lowest BCUT2D eigenvalue weighted by Gasteiger charge is -2.06. The normalized spacial score (nSPS) is 12.1. The van der Waals surface area contributed by atoms with E-state index in [1.165, 1.54) is 6.26 Å². The fourth-order valence-electron chi connectivity index (χ4n) is 1.65. The first-order valence-electron chi connectivity index (χ1n) is 5.77. The average Bonchev–Trinajstić information content (AvgIpc) is 2.86. The van der Waals surface area contributed by atoms with Crippen molar-refractivity contribution in [3.05, 3.63) is 48.4 Å². The fraction of sp³-hybridized carbons (Fsp3) is 0.214. The van der Waals surface area contributed by atoms with Crippen molar-refractivity contribution in [1.29, 1.82) is 0 Å². The molecule has 1 aromatic heterocycles. The highest BCUT2D eigenvalue weighted by atomic mass is 16.3. The number of nitrogens with one attached hydrogen (secondary N) is 1. The molecular formula is C14H15NO3. The van der Waals surface area contributed by atoms with Crippen molar-refractivity contribution in [2.75, 3.05) is 6.54 Å².